The lowest BCUT2D eigenvalue weighted by Crippen LogP contribution is -2.44. The van der Waals surface area contributed by atoms with Gasteiger partial charge in [-0.3, -0.25) is 0 Å². The van der Waals surface area contributed by atoms with Gasteiger partial charge in [0.05, 0.1) is 6.10 Å². The molecule has 0 bridgehead atoms. The van der Waals surface area contributed by atoms with Crippen LogP contribution in [0.1, 0.15) is 27.2 Å². The molecule has 0 aromatic heterocycles. The summed E-state index contributed by atoms with van der Waals surface area (Å²) in [4.78, 5) is 10.3. The third-order valence-electron chi connectivity index (χ3n) is 3.22. The van der Waals surface area contributed by atoms with Gasteiger partial charge in [0, 0.05) is 6.54 Å². The molecule has 2 N–H and O–H groups in total. The van der Waals surface area contributed by atoms with Crippen molar-refractivity contribution < 1.29 is 14.3 Å². The maximum atomic E-state index is 10.3. The van der Waals surface area contributed by atoms with E-state index >= 15 is 0 Å². The molecule has 0 aromatic rings. The summed E-state index contributed by atoms with van der Waals surface area (Å²) in [5, 5.41) is 11.0. The molecule has 0 aliphatic heterocycles. The van der Waals surface area contributed by atoms with E-state index in [0.29, 0.717) is 13.0 Å². The molecule has 1 unspecified atom stereocenters. The second-order valence-corrected chi connectivity index (χ2v) is 10.4. The fourth-order valence-electron chi connectivity index (χ4n) is 1.10. The van der Waals surface area contributed by atoms with E-state index in [2.05, 4.69) is 45.8 Å². The molecule has 0 saturated heterocycles. The lowest BCUT2D eigenvalue weighted by Gasteiger charge is -2.38. The van der Waals surface area contributed by atoms with E-state index < -0.39 is 14.4 Å². The Morgan fingerprint density at radius 3 is 2.41 bits per heavy atom. The molecule has 100 valence electrons. The highest BCUT2D eigenvalue weighted by atomic mass is 28.4. The maximum absolute atomic E-state index is 10.3. The van der Waals surface area contributed by atoms with Crippen molar-refractivity contribution in [3.63, 3.8) is 0 Å². The largest absolute Gasteiger partial charge is 0.465 e. The van der Waals surface area contributed by atoms with Crippen molar-refractivity contribution in [2.45, 2.75) is 51.4 Å². The van der Waals surface area contributed by atoms with Gasteiger partial charge in [0.2, 0.25) is 0 Å². The topological polar surface area (TPSA) is 58.6 Å². The molecular weight excluding hydrogens is 234 g/mol. The Morgan fingerprint density at radius 2 is 2.06 bits per heavy atom. The predicted octanol–water partition coefficient (Wildman–Crippen LogP) is 3.22. The van der Waals surface area contributed by atoms with Crippen molar-refractivity contribution in [3.05, 3.63) is 12.7 Å². The van der Waals surface area contributed by atoms with Crippen LogP contribution in [0.4, 0.5) is 4.79 Å². The first-order chi connectivity index (χ1) is 7.60. The van der Waals surface area contributed by atoms with E-state index in [-0.39, 0.29) is 11.1 Å². The van der Waals surface area contributed by atoms with Gasteiger partial charge in [-0.2, -0.15) is 0 Å². The number of amides is 1. The van der Waals surface area contributed by atoms with E-state index in [4.69, 9.17) is 9.53 Å². The van der Waals surface area contributed by atoms with Crippen molar-refractivity contribution in [3.8, 4) is 0 Å². The normalized spacial score (nSPS) is 14.2. The molecule has 0 saturated carbocycles. The summed E-state index contributed by atoms with van der Waals surface area (Å²) < 4.78 is 6.12. The van der Waals surface area contributed by atoms with E-state index in [0.717, 1.165) is 0 Å². The first-order valence-corrected chi connectivity index (χ1v) is 8.78. The molecule has 5 heteroatoms. The smallest absolute Gasteiger partial charge is 0.404 e. The predicted molar refractivity (Wildman–Crippen MR) is 72.9 cm³/mol. The molecule has 0 heterocycles. The molecule has 0 radical (unpaired) electrons. The van der Waals surface area contributed by atoms with Gasteiger partial charge in [-0.15, -0.1) is 6.58 Å². The van der Waals surface area contributed by atoms with Crippen LogP contribution in [0, 0.1) is 0 Å². The van der Waals surface area contributed by atoms with Crippen LogP contribution in [0.2, 0.25) is 18.1 Å². The van der Waals surface area contributed by atoms with Crippen molar-refractivity contribution in [2.75, 3.05) is 6.54 Å². The second-order valence-electron chi connectivity index (χ2n) is 5.67. The van der Waals surface area contributed by atoms with Gasteiger partial charge in [0.1, 0.15) is 0 Å². The molecule has 0 aliphatic rings. The number of nitrogens with one attached hydrogen (secondary N) is 1. The summed E-state index contributed by atoms with van der Waals surface area (Å²) in [6, 6.07) is 0. The van der Waals surface area contributed by atoms with E-state index in [1.165, 1.54) is 0 Å². The molecule has 0 spiro atoms. The molecule has 0 rings (SSSR count). The van der Waals surface area contributed by atoms with Crippen LogP contribution in [0.15, 0.2) is 12.7 Å². The summed E-state index contributed by atoms with van der Waals surface area (Å²) in [5.41, 5.74) is 0. The number of carbonyl (C=O) groups is 1. The number of carboxylic acid groups (broad SMARTS) is 1. The molecule has 0 aromatic carbocycles. The summed E-state index contributed by atoms with van der Waals surface area (Å²) in [7, 11) is -1.81. The molecular formula is C12H25NO3Si. The van der Waals surface area contributed by atoms with E-state index in [1.54, 1.807) is 6.08 Å². The molecule has 17 heavy (non-hydrogen) atoms. The fraction of sp³-hybridized carbons (Fsp3) is 0.750. The van der Waals surface area contributed by atoms with Crippen molar-refractivity contribution >= 4 is 14.4 Å². The van der Waals surface area contributed by atoms with Gasteiger partial charge in [-0.1, -0.05) is 26.8 Å². The van der Waals surface area contributed by atoms with Crippen LogP contribution in [0.25, 0.3) is 0 Å². The third-order valence-corrected chi connectivity index (χ3v) is 7.72. The summed E-state index contributed by atoms with van der Waals surface area (Å²) in [6.07, 6.45) is 1.30. The molecule has 1 atom stereocenters. The quantitative estimate of drug-likeness (QED) is 0.569. The Kier molecular flexibility index (Phi) is 5.91. The highest BCUT2D eigenvalue weighted by Crippen LogP contribution is 2.37. The van der Waals surface area contributed by atoms with Gasteiger partial charge >= 0.3 is 6.09 Å². The highest BCUT2D eigenvalue weighted by Gasteiger charge is 2.38. The zero-order valence-corrected chi connectivity index (χ0v) is 12.5. The number of hydrogen-bond donors (Lipinski definition) is 2. The van der Waals surface area contributed by atoms with Crippen molar-refractivity contribution in [2.24, 2.45) is 0 Å². The van der Waals surface area contributed by atoms with Gasteiger partial charge in [-0.25, -0.2) is 4.79 Å². The Balaban J connectivity index is 4.31. The van der Waals surface area contributed by atoms with Gasteiger partial charge < -0.3 is 14.8 Å². The van der Waals surface area contributed by atoms with Crippen LogP contribution in [0.3, 0.4) is 0 Å². The Hall–Kier alpha value is -0.813. The lowest BCUT2D eigenvalue weighted by molar-refractivity contribution is 0.187. The molecule has 0 aliphatic carbocycles. The SMILES string of the molecule is C=CC(CCNC(=O)O)O[Si](C)(C)C(C)(C)C. The lowest BCUT2D eigenvalue weighted by atomic mass is 10.2. The molecule has 1 amide bonds. The minimum Gasteiger partial charge on any atom is -0.465 e. The van der Waals surface area contributed by atoms with Crippen molar-refractivity contribution in [1.82, 2.24) is 5.32 Å². The maximum Gasteiger partial charge on any atom is 0.404 e. The van der Waals surface area contributed by atoms with Crippen molar-refractivity contribution in [1.29, 1.82) is 0 Å². The van der Waals surface area contributed by atoms with Gasteiger partial charge in [0.15, 0.2) is 8.32 Å². The van der Waals surface area contributed by atoms with Crippen LogP contribution in [0.5, 0.6) is 0 Å². The van der Waals surface area contributed by atoms with Crippen LogP contribution in [-0.2, 0) is 4.43 Å². The van der Waals surface area contributed by atoms with Crippen LogP contribution >= 0.6 is 0 Å². The minimum atomic E-state index is -1.81. The standard InChI is InChI=1S/C12H25NO3Si/c1-7-10(8-9-13-11(14)15)16-17(5,6)12(2,3)4/h7,10,13H,1,8-9H2,2-6H3,(H,14,15). The Labute approximate surface area is 105 Å². The fourth-order valence-corrected chi connectivity index (χ4v) is 2.43. The van der Waals surface area contributed by atoms with E-state index in [1.807, 2.05) is 0 Å². The molecule has 4 nitrogen and oxygen atoms in total. The first-order valence-electron chi connectivity index (χ1n) is 5.87. The van der Waals surface area contributed by atoms with E-state index in [9.17, 15) is 4.79 Å². The average molecular weight is 259 g/mol. The van der Waals surface area contributed by atoms with Crippen LogP contribution in [-0.4, -0.2) is 32.2 Å². The summed E-state index contributed by atoms with van der Waals surface area (Å²) in [6.45, 7) is 15.0. The van der Waals surface area contributed by atoms with Gasteiger partial charge in [0.25, 0.3) is 0 Å². The minimum absolute atomic E-state index is 0.0808. The average Bonchev–Trinajstić information content (AvgIpc) is 2.13. The molecule has 0 fully saturated rings. The summed E-state index contributed by atoms with van der Waals surface area (Å²) in [5.74, 6) is 0. The van der Waals surface area contributed by atoms with Crippen LogP contribution < -0.4 is 5.32 Å². The summed E-state index contributed by atoms with van der Waals surface area (Å²) >= 11 is 0. The van der Waals surface area contributed by atoms with Gasteiger partial charge in [-0.05, 0) is 24.6 Å². The zero-order chi connectivity index (χ0) is 13.7. The Morgan fingerprint density at radius 1 is 1.53 bits per heavy atom. The first kappa shape index (κ1) is 16.2. The second kappa shape index (κ2) is 6.21. The monoisotopic (exact) mass is 259 g/mol. The Bertz CT molecular complexity index is 271. The number of hydrogen-bond acceptors (Lipinski definition) is 2. The number of rotatable bonds is 6. The zero-order valence-electron chi connectivity index (χ0n) is 11.5. The third kappa shape index (κ3) is 5.88. The highest BCUT2D eigenvalue weighted by molar-refractivity contribution is 6.74.